The number of methoxy groups -OCH3 is 2. The maximum Gasteiger partial charge on any atom is 0.338 e. The minimum Gasteiger partial charge on any atom is -0.493 e. The third-order valence-electron chi connectivity index (χ3n) is 3.55. The molecule has 24 heavy (non-hydrogen) atoms. The van der Waals surface area contributed by atoms with Crippen molar-refractivity contribution in [1.82, 2.24) is 10.6 Å². The Hall–Kier alpha value is -1.80. The van der Waals surface area contributed by atoms with E-state index in [1.807, 2.05) is 12.1 Å². The monoisotopic (exact) mass is 414 g/mol. The number of hydrogen-bond acceptors (Lipinski definition) is 5. The van der Waals surface area contributed by atoms with Crippen LogP contribution >= 0.6 is 28.1 Å². The summed E-state index contributed by atoms with van der Waals surface area (Å²) < 4.78 is 16.6. The Labute approximate surface area is 154 Å². The normalized spacial score (nSPS) is 17.0. The van der Waals surface area contributed by atoms with E-state index in [2.05, 4.69) is 26.6 Å². The molecule has 0 spiro atoms. The molecule has 0 saturated heterocycles. The van der Waals surface area contributed by atoms with Crippen LogP contribution in [0.3, 0.4) is 0 Å². The second-order valence-electron chi connectivity index (χ2n) is 5.03. The molecule has 1 atom stereocenters. The Morgan fingerprint density at radius 1 is 1.33 bits per heavy atom. The summed E-state index contributed by atoms with van der Waals surface area (Å²) in [5.41, 5.74) is 1.93. The van der Waals surface area contributed by atoms with Crippen LogP contribution in [0.15, 0.2) is 27.9 Å². The molecule has 0 unspecified atom stereocenters. The van der Waals surface area contributed by atoms with E-state index in [-0.39, 0.29) is 0 Å². The second-order valence-corrected chi connectivity index (χ2v) is 6.29. The summed E-state index contributed by atoms with van der Waals surface area (Å²) in [6.07, 6.45) is 0. The van der Waals surface area contributed by atoms with Crippen molar-refractivity contribution >= 4 is 39.2 Å². The van der Waals surface area contributed by atoms with Gasteiger partial charge in [0.15, 0.2) is 16.6 Å². The van der Waals surface area contributed by atoms with E-state index in [0.29, 0.717) is 39.0 Å². The van der Waals surface area contributed by atoms with Gasteiger partial charge in [-0.25, -0.2) is 4.79 Å². The molecule has 1 aromatic rings. The van der Waals surface area contributed by atoms with Crippen molar-refractivity contribution in [3.63, 3.8) is 0 Å². The number of allylic oxidation sites excluding steroid dienone is 1. The largest absolute Gasteiger partial charge is 0.493 e. The summed E-state index contributed by atoms with van der Waals surface area (Å²) in [4.78, 5) is 12.4. The predicted molar refractivity (Wildman–Crippen MR) is 98.2 cm³/mol. The van der Waals surface area contributed by atoms with E-state index in [1.165, 1.54) is 0 Å². The molecule has 1 aromatic carbocycles. The number of thiocarbonyl (C=S) groups is 1. The third-order valence-corrected chi connectivity index (χ3v) is 4.36. The summed E-state index contributed by atoms with van der Waals surface area (Å²) in [6.45, 7) is 3.86. The molecular weight excluding hydrogens is 396 g/mol. The van der Waals surface area contributed by atoms with Gasteiger partial charge in [-0.3, -0.25) is 0 Å². The molecule has 0 radical (unpaired) electrons. The molecule has 1 aliphatic heterocycles. The van der Waals surface area contributed by atoms with Crippen LogP contribution in [0.25, 0.3) is 0 Å². The molecular formula is C16H19BrN2O4S. The van der Waals surface area contributed by atoms with E-state index in [0.717, 1.165) is 5.56 Å². The standard InChI is InChI=1S/C16H19BrN2O4S/c1-5-23-15(20)12-8(2)18-16(24)19-13(12)9-6-10(17)14(22-4)11(7-9)21-3/h6-7,13H,5H2,1-4H3,(H2,18,19,24)/t13-/m0/s1. The number of rotatable bonds is 5. The molecule has 6 nitrogen and oxygen atoms in total. The van der Waals surface area contributed by atoms with Gasteiger partial charge in [0.25, 0.3) is 0 Å². The third kappa shape index (κ3) is 3.64. The SMILES string of the molecule is CCOC(=O)C1=C(C)NC(=S)N[C@H]1c1cc(Br)c(OC)c(OC)c1. The van der Waals surface area contributed by atoms with Crippen LogP contribution in [0.1, 0.15) is 25.5 Å². The van der Waals surface area contributed by atoms with Gasteiger partial charge in [0, 0.05) is 5.70 Å². The summed E-state index contributed by atoms with van der Waals surface area (Å²) in [7, 11) is 3.12. The van der Waals surface area contributed by atoms with Crippen LogP contribution in [0.2, 0.25) is 0 Å². The van der Waals surface area contributed by atoms with Crippen molar-refractivity contribution in [2.24, 2.45) is 0 Å². The van der Waals surface area contributed by atoms with Gasteiger partial charge in [-0.05, 0) is 59.7 Å². The van der Waals surface area contributed by atoms with E-state index < -0.39 is 12.0 Å². The Morgan fingerprint density at radius 2 is 2.04 bits per heavy atom. The first kappa shape index (κ1) is 18.5. The molecule has 0 bridgehead atoms. The Morgan fingerprint density at radius 3 is 2.62 bits per heavy atom. The highest BCUT2D eigenvalue weighted by atomic mass is 79.9. The topological polar surface area (TPSA) is 68.8 Å². The van der Waals surface area contributed by atoms with E-state index in [1.54, 1.807) is 28.1 Å². The molecule has 2 rings (SSSR count). The first-order valence-electron chi connectivity index (χ1n) is 7.29. The van der Waals surface area contributed by atoms with Crippen molar-refractivity contribution in [1.29, 1.82) is 0 Å². The Balaban J connectivity index is 2.55. The van der Waals surface area contributed by atoms with Crippen molar-refractivity contribution in [3.8, 4) is 11.5 Å². The zero-order valence-corrected chi connectivity index (χ0v) is 16.3. The molecule has 0 fully saturated rings. The zero-order chi connectivity index (χ0) is 17.9. The molecule has 0 amide bonds. The minimum absolute atomic E-state index is 0.294. The Bertz CT molecular complexity index is 706. The highest BCUT2D eigenvalue weighted by Crippen LogP contribution is 2.40. The predicted octanol–water partition coefficient (Wildman–Crippen LogP) is 2.82. The second kappa shape index (κ2) is 7.85. The number of carbonyl (C=O) groups is 1. The Kier molecular flexibility index (Phi) is 6.06. The summed E-state index contributed by atoms with van der Waals surface area (Å²) in [5.74, 6) is 0.735. The van der Waals surface area contributed by atoms with Crippen molar-refractivity contribution in [3.05, 3.63) is 33.4 Å². The molecule has 8 heteroatoms. The van der Waals surface area contributed by atoms with E-state index >= 15 is 0 Å². The smallest absolute Gasteiger partial charge is 0.338 e. The summed E-state index contributed by atoms with van der Waals surface area (Å²) in [6, 6.07) is 3.22. The van der Waals surface area contributed by atoms with Crippen LogP contribution in [0.4, 0.5) is 0 Å². The maximum absolute atomic E-state index is 12.4. The lowest BCUT2D eigenvalue weighted by molar-refractivity contribution is -0.139. The average Bonchev–Trinajstić information content (AvgIpc) is 2.53. The minimum atomic E-state index is -0.450. The number of nitrogens with one attached hydrogen (secondary N) is 2. The fourth-order valence-corrected chi connectivity index (χ4v) is 3.42. The van der Waals surface area contributed by atoms with Gasteiger partial charge >= 0.3 is 5.97 Å². The number of ether oxygens (including phenoxy) is 3. The highest BCUT2D eigenvalue weighted by Gasteiger charge is 2.32. The number of carbonyl (C=O) groups excluding carboxylic acids is 1. The molecule has 2 N–H and O–H groups in total. The van der Waals surface area contributed by atoms with Gasteiger partial charge < -0.3 is 24.8 Å². The fraction of sp³-hybridized carbons (Fsp3) is 0.375. The van der Waals surface area contributed by atoms with Gasteiger partial charge in [0.05, 0.1) is 36.9 Å². The molecule has 1 heterocycles. The zero-order valence-electron chi connectivity index (χ0n) is 13.9. The van der Waals surface area contributed by atoms with Crippen LogP contribution in [0.5, 0.6) is 11.5 Å². The summed E-state index contributed by atoms with van der Waals surface area (Å²) in [5, 5.41) is 6.52. The first-order valence-corrected chi connectivity index (χ1v) is 8.49. The first-order chi connectivity index (χ1) is 11.4. The lowest BCUT2D eigenvalue weighted by Crippen LogP contribution is -2.45. The van der Waals surface area contributed by atoms with Crippen LogP contribution < -0.4 is 20.1 Å². The molecule has 1 aliphatic rings. The summed E-state index contributed by atoms with van der Waals surface area (Å²) >= 11 is 8.70. The number of benzene rings is 1. The van der Waals surface area contributed by atoms with Crippen LogP contribution in [-0.2, 0) is 9.53 Å². The lowest BCUT2D eigenvalue weighted by atomic mass is 9.95. The van der Waals surface area contributed by atoms with Gasteiger partial charge in [-0.2, -0.15) is 0 Å². The van der Waals surface area contributed by atoms with Crippen LogP contribution in [-0.4, -0.2) is 31.9 Å². The molecule has 0 aliphatic carbocycles. The fourth-order valence-electron chi connectivity index (χ4n) is 2.53. The van der Waals surface area contributed by atoms with Gasteiger partial charge in [-0.15, -0.1) is 0 Å². The van der Waals surface area contributed by atoms with E-state index in [4.69, 9.17) is 26.4 Å². The van der Waals surface area contributed by atoms with Crippen molar-refractivity contribution < 1.29 is 19.0 Å². The van der Waals surface area contributed by atoms with Crippen molar-refractivity contribution in [2.75, 3.05) is 20.8 Å². The highest BCUT2D eigenvalue weighted by molar-refractivity contribution is 9.10. The number of esters is 1. The van der Waals surface area contributed by atoms with Gasteiger partial charge in [0.2, 0.25) is 0 Å². The average molecular weight is 415 g/mol. The van der Waals surface area contributed by atoms with Crippen LogP contribution in [0, 0.1) is 0 Å². The van der Waals surface area contributed by atoms with E-state index in [9.17, 15) is 4.79 Å². The van der Waals surface area contributed by atoms with Crippen molar-refractivity contribution in [2.45, 2.75) is 19.9 Å². The number of halogens is 1. The van der Waals surface area contributed by atoms with Gasteiger partial charge in [-0.1, -0.05) is 0 Å². The molecule has 0 saturated carbocycles. The quantitative estimate of drug-likeness (QED) is 0.566. The molecule has 130 valence electrons. The lowest BCUT2D eigenvalue weighted by Gasteiger charge is -2.30. The maximum atomic E-state index is 12.4. The van der Waals surface area contributed by atoms with Gasteiger partial charge in [0.1, 0.15) is 0 Å². The molecule has 0 aromatic heterocycles. The number of hydrogen-bond donors (Lipinski definition) is 2.